The van der Waals surface area contributed by atoms with E-state index in [-0.39, 0.29) is 11.6 Å². The largest absolute Gasteiger partial charge is 0.326 e. The molecule has 12 heavy (non-hydrogen) atoms. The Bertz CT molecular complexity index is 413. The number of anilines is 1. The van der Waals surface area contributed by atoms with E-state index >= 15 is 0 Å². The summed E-state index contributed by atoms with van der Waals surface area (Å²) < 4.78 is 0. The van der Waals surface area contributed by atoms with Crippen LogP contribution in [0.25, 0.3) is 0 Å². The molecule has 6 heteroatoms. The molecular formula is C6H6N4O2. The summed E-state index contributed by atoms with van der Waals surface area (Å²) in [5.41, 5.74) is -0.218. The molecule has 4 N–H and O–H groups in total. The first-order chi connectivity index (χ1) is 5.66. The van der Waals surface area contributed by atoms with Crippen molar-refractivity contribution in [2.75, 3.05) is 5.32 Å². The first-order valence-corrected chi connectivity index (χ1v) is 3.26. The average Bonchev–Trinajstić information content (AvgIpc) is 2.29. The van der Waals surface area contributed by atoms with Gasteiger partial charge in [-0.3, -0.25) is 14.8 Å². The Labute approximate surface area is 66.7 Å². The van der Waals surface area contributed by atoms with Crippen molar-refractivity contribution in [3.63, 3.8) is 0 Å². The molecular weight excluding hydrogens is 160 g/mol. The molecule has 1 aromatic heterocycles. The molecule has 0 saturated heterocycles. The molecule has 1 aliphatic heterocycles. The number of amides is 1. The number of H-pyrrole nitrogens is 2. The van der Waals surface area contributed by atoms with Crippen molar-refractivity contribution < 1.29 is 4.79 Å². The number of aromatic amines is 2. The lowest BCUT2D eigenvalue weighted by molar-refractivity contribution is 0.0959. The van der Waals surface area contributed by atoms with E-state index in [1.54, 1.807) is 0 Å². The summed E-state index contributed by atoms with van der Waals surface area (Å²) >= 11 is 0. The van der Waals surface area contributed by atoms with E-state index in [2.05, 4.69) is 27.2 Å². The van der Waals surface area contributed by atoms with Gasteiger partial charge >= 0.3 is 5.69 Å². The summed E-state index contributed by atoms with van der Waals surface area (Å²) in [5.74, 6) is 0.337. The summed E-state index contributed by atoms with van der Waals surface area (Å²) in [6.07, 6.45) is 0. The molecule has 0 radical (unpaired) electrons. The number of aromatic nitrogens is 2. The van der Waals surface area contributed by atoms with Gasteiger partial charge in [-0.15, -0.1) is 0 Å². The molecule has 0 atom stereocenters. The molecule has 1 amide bonds. The number of hydrogen-bond donors (Lipinski definition) is 4. The van der Waals surface area contributed by atoms with Gasteiger partial charge in [0, 0.05) is 0 Å². The Morgan fingerprint density at radius 2 is 1.83 bits per heavy atom. The predicted octanol–water partition coefficient (Wildman–Crippen LogP) is -0.671. The highest BCUT2D eigenvalue weighted by Crippen LogP contribution is 2.12. The maximum atomic E-state index is 11.1. The Morgan fingerprint density at radius 3 is 2.58 bits per heavy atom. The van der Waals surface area contributed by atoms with Gasteiger partial charge in [-0.2, -0.15) is 0 Å². The third kappa shape index (κ3) is 0.815. The highest BCUT2D eigenvalue weighted by atomic mass is 16.2. The Hall–Kier alpha value is -1.98. The van der Waals surface area contributed by atoms with Gasteiger partial charge in [-0.25, -0.2) is 4.79 Å². The first kappa shape index (κ1) is 6.71. The van der Waals surface area contributed by atoms with Gasteiger partial charge in [0.15, 0.2) is 0 Å². The Balaban J connectivity index is 2.60. The molecule has 0 bridgehead atoms. The quantitative estimate of drug-likeness (QED) is 0.412. The van der Waals surface area contributed by atoms with Crippen molar-refractivity contribution >= 4 is 11.7 Å². The van der Waals surface area contributed by atoms with Crippen molar-refractivity contribution in [1.29, 1.82) is 0 Å². The van der Waals surface area contributed by atoms with Crippen LogP contribution in [0.3, 0.4) is 0 Å². The van der Waals surface area contributed by atoms with Crippen LogP contribution in [0, 0.1) is 0 Å². The minimum Gasteiger partial charge on any atom is -0.326 e. The van der Waals surface area contributed by atoms with Gasteiger partial charge in [-0.1, -0.05) is 6.58 Å². The second-order valence-electron chi connectivity index (χ2n) is 2.39. The van der Waals surface area contributed by atoms with Gasteiger partial charge < -0.3 is 10.6 Å². The maximum Gasteiger partial charge on any atom is 0.325 e. The topological polar surface area (TPSA) is 89.8 Å². The number of rotatable bonds is 0. The van der Waals surface area contributed by atoms with Crippen LogP contribution in [0.2, 0.25) is 0 Å². The van der Waals surface area contributed by atoms with Crippen LogP contribution < -0.4 is 16.3 Å². The molecule has 62 valence electrons. The zero-order chi connectivity index (χ0) is 8.72. The molecule has 2 heterocycles. The van der Waals surface area contributed by atoms with Gasteiger partial charge in [-0.05, 0) is 0 Å². The summed E-state index contributed by atoms with van der Waals surface area (Å²) in [5, 5.41) is 5.11. The molecule has 2 rings (SSSR count). The zero-order valence-corrected chi connectivity index (χ0v) is 6.02. The van der Waals surface area contributed by atoms with Crippen molar-refractivity contribution in [3.05, 3.63) is 28.6 Å². The molecule has 1 aromatic rings. The number of fused-ring (bicyclic) bond motifs is 1. The molecule has 0 fully saturated rings. The SMILES string of the molecule is C=C1NC(=O)c2[nH]c(=O)[nH]c2N1. The highest BCUT2D eigenvalue weighted by Gasteiger charge is 2.20. The third-order valence-electron chi connectivity index (χ3n) is 1.49. The average molecular weight is 166 g/mol. The summed E-state index contributed by atoms with van der Waals surface area (Å²) in [4.78, 5) is 26.6. The summed E-state index contributed by atoms with van der Waals surface area (Å²) in [6, 6.07) is 0. The number of nitrogens with one attached hydrogen (secondary N) is 4. The van der Waals surface area contributed by atoms with Crippen LogP contribution in [-0.2, 0) is 0 Å². The first-order valence-electron chi connectivity index (χ1n) is 3.26. The standard InChI is InChI=1S/C6H6N4O2/c1-2-7-4-3(5(11)8-2)9-6(12)10-4/h7H,1H2,(H,8,11)(H2,9,10,12). The molecule has 0 saturated carbocycles. The van der Waals surface area contributed by atoms with E-state index in [1.807, 2.05) is 0 Å². The van der Waals surface area contributed by atoms with Crippen molar-refractivity contribution in [3.8, 4) is 0 Å². The molecule has 1 aliphatic rings. The van der Waals surface area contributed by atoms with Gasteiger partial charge in [0.1, 0.15) is 17.3 Å². The van der Waals surface area contributed by atoms with Gasteiger partial charge in [0.25, 0.3) is 5.91 Å². The second-order valence-corrected chi connectivity index (χ2v) is 2.39. The van der Waals surface area contributed by atoms with E-state index in [0.717, 1.165) is 0 Å². The van der Waals surface area contributed by atoms with E-state index in [4.69, 9.17) is 0 Å². The Morgan fingerprint density at radius 1 is 1.08 bits per heavy atom. The lowest BCUT2D eigenvalue weighted by Gasteiger charge is -2.15. The number of carbonyl (C=O) groups is 1. The van der Waals surface area contributed by atoms with Crippen LogP contribution in [0.15, 0.2) is 17.2 Å². The zero-order valence-electron chi connectivity index (χ0n) is 6.02. The van der Waals surface area contributed by atoms with Crippen LogP contribution >= 0.6 is 0 Å². The molecule has 0 aliphatic carbocycles. The van der Waals surface area contributed by atoms with Crippen molar-refractivity contribution in [2.24, 2.45) is 0 Å². The van der Waals surface area contributed by atoms with Crippen molar-refractivity contribution in [2.45, 2.75) is 0 Å². The molecule has 0 unspecified atom stereocenters. The fraction of sp³-hybridized carbons (Fsp3) is 0. The van der Waals surface area contributed by atoms with E-state index in [9.17, 15) is 9.59 Å². The third-order valence-corrected chi connectivity index (χ3v) is 1.49. The molecule has 0 spiro atoms. The van der Waals surface area contributed by atoms with Crippen LogP contribution in [-0.4, -0.2) is 15.9 Å². The number of hydrogen-bond acceptors (Lipinski definition) is 3. The van der Waals surface area contributed by atoms with Gasteiger partial charge in [0.05, 0.1) is 0 Å². The van der Waals surface area contributed by atoms with Crippen LogP contribution in [0.4, 0.5) is 5.82 Å². The van der Waals surface area contributed by atoms with Gasteiger partial charge in [0.2, 0.25) is 0 Å². The van der Waals surface area contributed by atoms with E-state index in [0.29, 0.717) is 11.6 Å². The van der Waals surface area contributed by atoms with Crippen LogP contribution in [0.1, 0.15) is 10.5 Å². The molecule has 6 nitrogen and oxygen atoms in total. The highest BCUT2D eigenvalue weighted by molar-refractivity contribution is 6.00. The monoisotopic (exact) mass is 166 g/mol. The smallest absolute Gasteiger partial charge is 0.325 e. The minimum atomic E-state index is -0.419. The Kier molecular flexibility index (Phi) is 1.12. The number of carbonyl (C=O) groups excluding carboxylic acids is 1. The second kappa shape index (κ2) is 2.00. The lowest BCUT2D eigenvalue weighted by atomic mass is 10.3. The fourth-order valence-electron chi connectivity index (χ4n) is 1.03. The summed E-state index contributed by atoms with van der Waals surface area (Å²) in [6.45, 7) is 3.49. The van der Waals surface area contributed by atoms with Crippen molar-refractivity contribution in [1.82, 2.24) is 15.3 Å². The van der Waals surface area contributed by atoms with E-state index in [1.165, 1.54) is 0 Å². The van der Waals surface area contributed by atoms with E-state index < -0.39 is 5.69 Å². The number of imidazole rings is 1. The van der Waals surface area contributed by atoms with Crippen LogP contribution in [0.5, 0.6) is 0 Å². The minimum absolute atomic E-state index is 0.201. The maximum absolute atomic E-state index is 11.1. The molecule has 0 aromatic carbocycles. The fourth-order valence-corrected chi connectivity index (χ4v) is 1.03. The lowest BCUT2D eigenvalue weighted by Crippen LogP contribution is -2.32. The normalized spacial score (nSPS) is 15.0. The summed E-state index contributed by atoms with van der Waals surface area (Å²) in [7, 11) is 0. The predicted molar refractivity (Wildman–Crippen MR) is 41.6 cm³/mol.